The van der Waals surface area contributed by atoms with E-state index in [4.69, 9.17) is 10.8 Å². The number of furan rings is 1. The second-order valence-electron chi connectivity index (χ2n) is 5.38. The molecule has 0 spiro atoms. The number of nitrogens with one attached hydrogen (secondary N) is 1. The van der Waals surface area contributed by atoms with Gasteiger partial charge in [0.15, 0.2) is 11.3 Å². The van der Waals surface area contributed by atoms with E-state index in [9.17, 15) is 4.79 Å². The lowest BCUT2D eigenvalue weighted by Gasteiger charge is -2.32. The van der Waals surface area contributed by atoms with E-state index in [1.165, 1.54) is 0 Å². The number of carbonyl (C=O) groups is 1. The highest BCUT2D eigenvalue weighted by Gasteiger charge is 2.22. The predicted molar refractivity (Wildman–Crippen MR) is 88.5 cm³/mol. The number of likely N-dealkylation sites (tertiary alicyclic amines) is 1. The smallest absolute Gasteiger partial charge is 0.219 e. The first-order valence-corrected chi connectivity index (χ1v) is 7.94. The Hall–Kier alpha value is -2.00. The zero-order chi connectivity index (χ0) is 15.7. The molecule has 1 fully saturated rings. The molecule has 22 heavy (non-hydrogen) atoms. The minimum atomic E-state index is 0.138. The first-order chi connectivity index (χ1) is 10.6. The van der Waals surface area contributed by atoms with Gasteiger partial charge in [-0.3, -0.25) is 4.79 Å². The van der Waals surface area contributed by atoms with Crippen LogP contribution >= 0.6 is 15.9 Å². The molecule has 1 N–H and O–H groups in total. The van der Waals surface area contributed by atoms with Gasteiger partial charge in [-0.1, -0.05) is 0 Å². The normalized spacial score (nSPS) is 15.8. The molecule has 114 valence electrons. The second kappa shape index (κ2) is 6.01. The number of hydrogen-bond donors (Lipinski definition) is 1. The molecule has 1 aliphatic rings. The van der Waals surface area contributed by atoms with E-state index in [1.54, 1.807) is 13.1 Å². The summed E-state index contributed by atoms with van der Waals surface area (Å²) in [6, 6.07) is 2.13. The zero-order valence-corrected chi connectivity index (χ0v) is 13.8. The third-order valence-corrected chi connectivity index (χ3v) is 4.74. The minimum Gasteiger partial charge on any atom is -0.446 e. The van der Waals surface area contributed by atoms with Gasteiger partial charge in [-0.05, 0) is 34.7 Å². The van der Waals surface area contributed by atoms with Crippen molar-refractivity contribution in [1.82, 2.24) is 9.88 Å². The molecular weight excluding hydrogens is 346 g/mol. The number of amides is 1. The Morgan fingerprint density at radius 3 is 2.91 bits per heavy atom. The Labute approximate surface area is 137 Å². The van der Waals surface area contributed by atoms with Crippen LogP contribution in [-0.4, -0.2) is 34.9 Å². The van der Waals surface area contributed by atoms with Gasteiger partial charge in [-0.15, -0.1) is 6.42 Å². The fourth-order valence-electron chi connectivity index (χ4n) is 2.68. The molecule has 2 aromatic heterocycles. The first-order valence-electron chi connectivity index (χ1n) is 7.15. The molecule has 0 aliphatic carbocycles. The molecule has 2 aromatic rings. The molecule has 0 radical (unpaired) electrons. The molecule has 0 atom stereocenters. The summed E-state index contributed by atoms with van der Waals surface area (Å²) in [4.78, 5) is 17.6. The number of anilines is 1. The summed E-state index contributed by atoms with van der Waals surface area (Å²) in [5, 5.41) is 4.35. The maximum absolute atomic E-state index is 11.4. The first kappa shape index (κ1) is 14.9. The fourth-order valence-corrected chi connectivity index (χ4v) is 3.21. The highest BCUT2D eigenvalue weighted by Crippen LogP contribution is 2.32. The molecule has 3 heterocycles. The van der Waals surface area contributed by atoms with Crippen molar-refractivity contribution in [2.75, 3.05) is 18.4 Å². The van der Waals surface area contributed by atoms with Crippen LogP contribution in [0.4, 0.5) is 5.82 Å². The van der Waals surface area contributed by atoms with E-state index < -0.39 is 0 Å². The van der Waals surface area contributed by atoms with E-state index in [0.29, 0.717) is 17.4 Å². The largest absolute Gasteiger partial charge is 0.446 e. The Morgan fingerprint density at radius 1 is 1.55 bits per heavy atom. The maximum Gasteiger partial charge on any atom is 0.219 e. The Kier molecular flexibility index (Phi) is 4.08. The summed E-state index contributed by atoms with van der Waals surface area (Å²) >= 11 is 3.57. The number of piperidine rings is 1. The summed E-state index contributed by atoms with van der Waals surface area (Å²) in [5.41, 5.74) is 0.664. The third kappa shape index (κ3) is 2.81. The van der Waals surface area contributed by atoms with Gasteiger partial charge < -0.3 is 14.6 Å². The van der Waals surface area contributed by atoms with Gasteiger partial charge in [-0.2, -0.15) is 0 Å². The van der Waals surface area contributed by atoms with E-state index in [1.807, 2.05) is 11.0 Å². The Morgan fingerprint density at radius 2 is 2.27 bits per heavy atom. The van der Waals surface area contributed by atoms with Crippen LogP contribution in [0.2, 0.25) is 0 Å². The number of halogens is 1. The van der Waals surface area contributed by atoms with E-state index in [2.05, 4.69) is 32.2 Å². The fraction of sp³-hybridized carbons (Fsp3) is 0.375. The minimum absolute atomic E-state index is 0.138. The van der Waals surface area contributed by atoms with Crippen LogP contribution in [0, 0.1) is 12.3 Å². The van der Waals surface area contributed by atoms with Gasteiger partial charge in [0.2, 0.25) is 5.91 Å². The standard InChI is InChI=1S/C16H16BrN3O2/c1-3-12-8-13-14(22-12)9-18-16(15(13)17)19-11-4-6-20(7-5-11)10(2)21/h1,8-9,11H,4-7H2,2H3,(H,18,19). The molecule has 5 nitrogen and oxygen atoms in total. The third-order valence-electron chi connectivity index (χ3n) is 3.94. The number of aromatic nitrogens is 1. The SMILES string of the molecule is C#Cc1cc2c(Br)c(NC3CCN(C(C)=O)CC3)ncc2o1. The van der Waals surface area contributed by atoms with Crippen LogP contribution in [0.15, 0.2) is 21.2 Å². The van der Waals surface area contributed by atoms with Crippen molar-refractivity contribution >= 4 is 38.6 Å². The van der Waals surface area contributed by atoms with Crippen LogP contribution in [0.3, 0.4) is 0 Å². The lowest BCUT2D eigenvalue weighted by Crippen LogP contribution is -2.41. The van der Waals surface area contributed by atoms with Crippen LogP contribution in [0.1, 0.15) is 25.5 Å². The maximum atomic E-state index is 11.4. The predicted octanol–water partition coefficient (Wildman–Crippen LogP) is 2.99. The number of nitrogens with zero attached hydrogens (tertiary/aromatic N) is 2. The summed E-state index contributed by atoms with van der Waals surface area (Å²) in [7, 11) is 0. The van der Waals surface area contributed by atoms with Crippen molar-refractivity contribution in [2.24, 2.45) is 0 Å². The number of rotatable bonds is 2. The van der Waals surface area contributed by atoms with Gasteiger partial charge in [-0.25, -0.2) is 4.98 Å². The molecule has 1 aliphatic heterocycles. The van der Waals surface area contributed by atoms with Crippen LogP contribution in [-0.2, 0) is 4.79 Å². The molecule has 1 saturated heterocycles. The van der Waals surface area contributed by atoms with Crippen molar-refractivity contribution in [3.8, 4) is 12.3 Å². The van der Waals surface area contributed by atoms with Gasteiger partial charge in [0.1, 0.15) is 5.82 Å². The average molecular weight is 362 g/mol. The van der Waals surface area contributed by atoms with E-state index in [0.717, 1.165) is 41.6 Å². The molecule has 0 unspecified atom stereocenters. The van der Waals surface area contributed by atoms with Crippen molar-refractivity contribution < 1.29 is 9.21 Å². The number of hydrogen-bond acceptors (Lipinski definition) is 4. The second-order valence-corrected chi connectivity index (χ2v) is 6.17. The number of terminal acetylenes is 1. The molecule has 6 heteroatoms. The molecule has 1 amide bonds. The summed E-state index contributed by atoms with van der Waals surface area (Å²) in [6.45, 7) is 3.17. The number of fused-ring (bicyclic) bond motifs is 1. The van der Waals surface area contributed by atoms with Crippen LogP contribution in [0.25, 0.3) is 11.0 Å². The number of carbonyl (C=O) groups excluding carboxylic acids is 1. The van der Waals surface area contributed by atoms with Crippen molar-refractivity contribution in [2.45, 2.75) is 25.8 Å². The highest BCUT2D eigenvalue weighted by molar-refractivity contribution is 9.10. The lowest BCUT2D eigenvalue weighted by atomic mass is 10.1. The van der Waals surface area contributed by atoms with Crippen molar-refractivity contribution in [3.05, 3.63) is 22.5 Å². The zero-order valence-electron chi connectivity index (χ0n) is 12.2. The summed E-state index contributed by atoms with van der Waals surface area (Å²) in [6.07, 6.45) is 8.85. The van der Waals surface area contributed by atoms with Gasteiger partial charge in [0.05, 0.1) is 10.7 Å². The van der Waals surface area contributed by atoms with Crippen LogP contribution < -0.4 is 5.32 Å². The quantitative estimate of drug-likeness (QED) is 0.835. The molecule has 0 aromatic carbocycles. The molecule has 0 saturated carbocycles. The topological polar surface area (TPSA) is 58.4 Å². The number of pyridine rings is 1. The van der Waals surface area contributed by atoms with Crippen molar-refractivity contribution in [3.63, 3.8) is 0 Å². The van der Waals surface area contributed by atoms with Crippen molar-refractivity contribution in [1.29, 1.82) is 0 Å². The van der Waals surface area contributed by atoms with E-state index >= 15 is 0 Å². The Bertz CT molecular complexity index is 755. The molecule has 3 rings (SSSR count). The highest BCUT2D eigenvalue weighted by atomic mass is 79.9. The van der Waals surface area contributed by atoms with Gasteiger partial charge >= 0.3 is 0 Å². The van der Waals surface area contributed by atoms with E-state index in [-0.39, 0.29) is 5.91 Å². The monoisotopic (exact) mass is 361 g/mol. The summed E-state index contributed by atoms with van der Waals surface area (Å²) in [5.74, 6) is 3.89. The van der Waals surface area contributed by atoms with Crippen LogP contribution in [0.5, 0.6) is 0 Å². The molecular formula is C16H16BrN3O2. The lowest BCUT2D eigenvalue weighted by molar-refractivity contribution is -0.129. The average Bonchev–Trinajstić information content (AvgIpc) is 2.95. The Balaban J connectivity index is 1.76. The molecule has 0 bridgehead atoms. The van der Waals surface area contributed by atoms with Gasteiger partial charge in [0.25, 0.3) is 0 Å². The van der Waals surface area contributed by atoms with Gasteiger partial charge in [0, 0.05) is 37.5 Å². The summed E-state index contributed by atoms with van der Waals surface area (Å²) < 4.78 is 6.33.